The van der Waals surface area contributed by atoms with Gasteiger partial charge in [-0.05, 0) is 18.6 Å². The molecule has 1 N–H and O–H groups in total. The molecule has 1 aromatic rings. The van der Waals surface area contributed by atoms with Crippen molar-refractivity contribution in [2.75, 3.05) is 37.6 Å². The summed E-state index contributed by atoms with van der Waals surface area (Å²) in [5, 5.41) is 10.8. The number of aliphatic hydroxyl groups is 1. The molecule has 0 bridgehead atoms. The normalized spacial score (nSPS) is 18.2. The van der Waals surface area contributed by atoms with Gasteiger partial charge in [-0.2, -0.15) is 0 Å². The number of unbranched alkanes of at least 4 members (excludes halogenated alkanes) is 1. The molecule has 1 aliphatic rings. The summed E-state index contributed by atoms with van der Waals surface area (Å²) in [6, 6.07) is 8.01. The number of para-hydroxylation sites is 1. The van der Waals surface area contributed by atoms with Crippen molar-refractivity contribution >= 4 is 17.3 Å². The average molecular weight is 297 g/mol. The van der Waals surface area contributed by atoms with Gasteiger partial charge in [-0.3, -0.25) is 4.90 Å². The van der Waals surface area contributed by atoms with E-state index in [1.807, 2.05) is 18.2 Å². The first-order chi connectivity index (χ1) is 9.70. The topological polar surface area (TPSA) is 26.7 Å². The number of β-amino-alcohol motifs (C(OH)–C–C–N with tert-alkyl or cyclic N) is 1. The molecule has 0 radical (unpaired) electrons. The fourth-order valence-corrected chi connectivity index (χ4v) is 2.96. The molecule has 1 fully saturated rings. The summed E-state index contributed by atoms with van der Waals surface area (Å²) >= 11 is 6.24. The fourth-order valence-electron chi connectivity index (χ4n) is 2.71. The molecule has 2 rings (SSSR count). The highest BCUT2D eigenvalue weighted by atomic mass is 35.5. The van der Waals surface area contributed by atoms with Crippen molar-refractivity contribution in [2.24, 2.45) is 0 Å². The second-order valence-corrected chi connectivity index (χ2v) is 5.94. The highest BCUT2D eigenvalue weighted by Gasteiger charge is 2.20. The van der Waals surface area contributed by atoms with Crippen molar-refractivity contribution in [1.82, 2.24) is 4.90 Å². The molecule has 1 unspecified atom stereocenters. The predicted octanol–water partition coefficient (Wildman–Crippen LogP) is 3.01. The van der Waals surface area contributed by atoms with Crippen LogP contribution in [0.2, 0.25) is 5.02 Å². The van der Waals surface area contributed by atoms with E-state index in [1.165, 1.54) is 0 Å². The van der Waals surface area contributed by atoms with Gasteiger partial charge in [0, 0.05) is 32.7 Å². The van der Waals surface area contributed by atoms with E-state index in [9.17, 15) is 5.11 Å². The van der Waals surface area contributed by atoms with Crippen LogP contribution >= 0.6 is 11.6 Å². The lowest BCUT2D eigenvalue weighted by Crippen LogP contribution is -2.48. The van der Waals surface area contributed by atoms with E-state index in [0.717, 1.165) is 62.7 Å². The Morgan fingerprint density at radius 2 is 1.90 bits per heavy atom. The predicted molar refractivity (Wildman–Crippen MR) is 85.6 cm³/mol. The summed E-state index contributed by atoms with van der Waals surface area (Å²) in [7, 11) is 0. The van der Waals surface area contributed by atoms with Crippen LogP contribution < -0.4 is 4.90 Å². The zero-order valence-corrected chi connectivity index (χ0v) is 13.0. The van der Waals surface area contributed by atoms with Gasteiger partial charge < -0.3 is 10.0 Å². The largest absolute Gasteiger partial charge is 0.392 e. The molecule has 20 heavy (non-hydrogen) atoms. The SMILES string of the molecule is CCCCC(O)CN1CCN(c2ccccc2Cl)CC1. The quantitative estimate of drug-likeness (QED) is 0.874. The number of aliphatic hydroxyl groups excluding tert-OH is 1. The molecule has 4 heteroatoms. The molecular weight excluding hydrogens is 272 g/mol. The Balaban J connectivity index is 1.79. The fraction of sp³-hybridized carbons (Fsp3) is 0.625. The Labute approximate surface area is 127 Å². The van der Waals surface area contributed by atoms with Crippen molar-refractivity contribution in [1.29, 1.82) is 0 Å². The van der Waals surface area contributed by atoms with Crippen LogP contribution in [0.3, 0.4) is 0 Å². The number of halogens is 1. The summed E-state index contributed by atoms with van der Waals surface area (Å²) < 4.78 is 0. The summed E-state index contributed by atoms with van der Waals surface area (Å²) in [5.41, 5.74) is 1.13. The maximum Gasteiger partial charge on any atom is 0.0667 e. The number of nitrogens with zero attached hydrogens (tertiary/aromatic N) is 2. The van der Waals surface area contributed by atoms with Crippen LogP contribution in [0.5, 0.6) is 0 Å². The molecular formula is C16H25ClN2O. The zero-order valence-electron chi connectivity index (χ0n) is 12.3. The first kappa shape index (κ1) is 15.6. The number of hydrogen-bond acceptors (Lipinski definition) is 3. The zero-order chi connectivity index (χ0) is 14.4. The summed E-state index contributed by atoms with van der Waals surface area (Å²) in [4.78, 5) is 4.69. The third kappa shape index (κ3) is 4.37. The van der Waals surface area contributed by atoms with E-state index in [4.69, 9.17) is 11.6 Å². The van der Waals surface area contributed by atoms with Crippen molar-refractivity contribution in [3.63, 3.8) is 0 Å². The minimum atomic E-state index is -0.179. The van der Waals surface area contributed by atoms with Crippen LogP contribution in [0.25, 0.3) is 0 Å². The molecule has 0 aromatic heterocycles. The second kappa shape index (κ2) is 7.87. The van der Waals surface area contributed by atoms with Gasteiger partial charge in [0.1, 0.15) is 0 Å². The van der Waals surface area contributed by atoms with Crippen LogP contribution in [0, 0.1) is 0 Å². The van der Waals surface area contributed by atoms with Crippen LogP contribution in [-0.2, 0) is 0 Å². The van der Waals surface area contributed by atoms with Crippen molar-refractivity contribution in [3.8, 4) is 0 Å². The van der Waals surface area contributed by atoms with Crippen LogP contribution in [0.4, 0.5) is 5.69 Å². The van der Waals surface area contributed by atoms with Gasteiger partial charge in [0.25, 0.3) is 0 Å². The van der Waals surface area contributed by atoms with E-state index in [0.29, 0.717) is 0 Å². The van der Waals surface area contributed by atoms with Gasteiger partial charge in [0.05, 0.1) is 16.8 Å². The van der Waals surface area contributed by atoms with Crippen molar-refractivity contribution in [2.45, 2.75) is 32.3 Å². The van der Waals surface area contributed by atoms with Crippen molar-refractivity contribution < 1.29 is 5.11 Å². The lowest BCUT2D eigenvalue weighted by Gasteiger charge is -2.37. The highest BCUT2D eigenvalue weighted by Crippen LogP contribution is 2.26. The molecule has 0 spiro atoms. The first-order valence-corrected chi connectivity index (χ1v) is 7.98. The van der Waals surface area contributed by atoms with Gasteiger partial charge in [-0.1, -0.05) is 43.5 Å². The van der Waals surface area contributed by atoms with Crippen LogP contribution in [0.1, 0.15) is 26.2 Å². The van der Waals surface area contributed by atoms with Gasteiger partial charge >= 0.3 is 0 Å². The molecule has 1 aliphatic heterocycles. The number of hydrogen-bond donors (Lipinski definition) is 1. The minimum absolute atomic E-state index is 0.179. The second-order valence-electron chi connectivity index (χ2n) is 5.54. The lowest BCUT2D eigenvalue weighted by molar-refractivity contribution is 0.100. The van der Waals surface area contributed by atoms with Gasteiger partial charge in [0.2, 0.25) is 0 Å². The van der Waals surface area contributed by atoms with E-state index < -0.39 is 0 Å². The average Bonchev–Trinajstić information content (AvgIpc) is 2.47. The lowest BCUT2D eigenvalue weighted by atomic mass is 10.1. The Morgan fingerprint density at radius 1 is 1.20 bits per heavy atom. The van der Waals surface area contributed by atoms with E-state index in [2.05, 4.69) is 22.8 Å². The molecule has 0 saturated carbocycles. The number of benzene rings is 1. The third-order valence-electron chi connectivity index (χ3n) is 3.93. The maximum absolute atomic E-state index is 9.98. The summed E-state index contributed by atoms with van der Waals surface area (Å²) in [6.45, 7) is 6.91. The molecule has 1 atom stereocenters. The molecule has 0 aliphatic carbocycles. The van der Waals surface area contributed by atoms with Gasteiger partial charge in [0.15, 0.2) is 0 Å². The number of rotatable bonds is 6. The first-order valence-electron chi connectivity index (χ1n) is 7.60. The van der Waals surface area contributed by atoms with Crippen molar-refractivity contribution in [3.05, 3.63) is 29.3 Å². The molecule has 1 aromatic carbocycles. The maximum atomic E-state index is 9.98. The minimum Gasteiger partial charge on any atom is -0.392 e. The number of anilines is 1. The Morgan fingerprint density at radius 3 is 2.55 bits per heavy atom. The Hall–Kier alpha value is -0.770. The number of piperazine rings is 1. The Bertz CT molecular complexity index is 405. The summed E-state index contributed by atoms with van der Waals surface area (Å²) in [5.74, 6) is 0. The molecule has 1 heterocycles. The van der Waals surface area contributed by atoms with Gasteiger partial charge in [-0.15, -0.1) is 0 Å². The molecule has 3 nitrogen and oxygen atoms in total. The highest BCUT2D eigenvalue weighted by molar-refractivity contribution is 6.33. The molecule has 1 saturated heterocycles. The standard InChI is InChI=1S/C16H25ClN2O/c1-2-3-6-14(20)13-18-9-11-19(12-10-18)16-8-5-4-7-15(16)17/h4-5,7-8,14,20H,2-3,6,9-13H2,1H3. The molecule has 0 amide bonds. The third-order valence-corrected chi connectivity index (χ3v) is 4.24. The Kier molecular flexibility index (Phi) is 6.14. The smallest absolute Gasteiger partial charge is 0.0667 e. The van der Waals surface area contributed by atoms with E-state index >= 15 is 0 Å². The van der Waals surface area contributed by atoms with Gasteiger partial charge in [-0.25, -0.2) is 0 Å². The monoisotopic (exact) mass is 296 g/mol. The van der Waals surface area contributed by atoms with E-state index in [1.54, 1.807) is 0 Å². The molecule has 112 valence electrons. The van der Waals surface area contributed by atoms with E-state index in [-0.39, 0.29) is 6.10 Å². The van der Waals surface area contributed by atoms with Crippen LogP contribution in [0.15, 0.2) is 24.3 Å². The van der Waals surface area contributed by atoms with Crippen LogP contribution in [-0.4, -0.2) is 48.8 Å². The summed E-state index contributed by atoms with van der Waals surface area (Å²) in [6.07, 6.45) is 3.00.